The van der Waals surface area contributed by atoms with Crippen molar-refractivity contribution in [3.8, 4) is 0 Å². The molecule has 1 atom stereocenters. The fourth-order valence-electron chi connectivity index (χ4n) is 3.90. The van der Waals surface area contributed by atoms with Crippen LogP contribution in [0.1, 0.15) is 30.3 Å². The van der Waals surface area contributed by atoms with Crippen molar-refractivity contribution in [3.63, 3.8) is 0 Å². The van der Waals surface area contributed by atoms with Gasteiger partial charge in [0.1, 0.15) is 34.8 Å². The molecule has 2 aliphatic heterocycles. The molecule has 9 nitrogen and oxygen atoms in total. The van der Waals surface area contributed by atoms with Crippen molar-refractivity contribution >= 4 is 40.0 Å². The Morgan fingerprint density at radius 3 is 3.04 bits per heavy atom. The molecule has 3 aromatic heterocycles. The molecule has 0 saturated carbocycles. The highest BCUT2D eigenvalue weighted by Crippen LogP contribution is 2.32. The fourth-order valence-corrected chi connectivity index (χ4v) is 4.17. The number of carbonyl (C=O) groups excluding carboxylic acids is 1. The summed E-state index contributed by atoms with van der Waals surface area (Å²) in [5.74, 6) is 0.138. The number of pyridine rings is 1. The van der Waals surface area contributed by atoms with E-state index in [9.17, 15) is 9.59 Å². The first-order valence-electron chi connectivity index (χ1n) is 8.59. The van der Waals surface area contributed by atoms with Gasteiger partial charge in [0.25, 0.3) is 11.5 Å². The predicted octanol–water partition coefficient (Wildman–Crippen LogP) is 1.71. The Balaban J connectivity index is 1.68. The van der Waals surface area contributed by atoms with E-state index in [1.54, 1.807) is 6.20 Å². The molecule has 3 aromatic rings. The molecule has 10 heteroatoms. The van der Waals surface area contributed by atoms with E-state index >= 15 is 0 Å². The van der Waals surface area contributed by atoms with E-state index < -0.39 is 5.66 Å². The van der Waals surface area contributed by atoms with E-state index in [-0.39, 0.29) is 27.9 Å². The summed E-state index contributed by atoms with van der Waals surface area (Å²) in [5, 5.41) is 8.84. The Labute approximate surface area is 158 Å². The normalized spacial score (nSPS) is 21.1. The highest BCUT2D eigenvalue weighted by Gasteiger charge is 2.45. The number of anilines is 2. The number of halogens is 1. The molecular weight excluding hydrogens is 370 g/mol. The van der Waals surface area contributed by atoms with Gasteiger partial charge < -0.3 is 15.6 Å². The van der Waals surface area contributed by atoms with Gasteiger partial charge in [-0.3, -0.25) is 14.6 Å². The van der Waals surface area contributed by atoms with Crippen LogP contribution < -0.4 is 21.2 Å². The minimum Gasteiger partial charge on any atom is -0.346 e. The summed E-state index contributed by atoms with van der Waals surface area (Å²) in [6.07, 6.45) is 4.78. The third kappa shape index (κ3) is 2.24. The van der Waals surface area contributed by atoms with Crippen LogP contribution in [0.3, 0.4) is 0 Å². The van der Waals surface area contributed by atoms with Crippen molar-refractivity contribution in [1.29, 1.82) is 0 Å². The van der Waals surface area contributed by atoms with Crippen molar-refractivity contribution < 1.29 is 4.79 Å². The summed E-state index contributed by atoms with van der Waals surface area (Å²) >= 11 is 6.39. The summed E-state index contributed by atoms with van der Waals surface area (Å²) in [4.78, 5) is 37.2. The van der Waals surface area contributed by atoms with E-state index in [4.69, 9.17) is 11.6 Å². The Morgan fingerprint density at radius 2 is 2.19 bits per heavy atom. The quantitative estimate of drug-likeness (QED) is 0.619. The molecule has 0 unspecified atom stereocenters. The van der Waals surface area contributed by atoms with Crippen LogP contribution in [-0.4, -0.2) is 37.7 Å². The van der Waals surface area contributed by atoms with Crippen LogP contribution in [0.15, 0.2) is 29.5 Å². The fraction of sp³-hybridized carbons (Fsp3) is 0.294. The predicted molar refractivity (Wildman–Crippen MR) is 101 cm³/mol. The number of fused-ring (bicyclic) bond motifs is 4. The second kappa shape index (κ2) is 5.46. The minimum absolute atomic E-state index is 0.154. The van der Waals surface area contributed by atoms with Crippen LogP contribution in [-0.2, 0) is 0 Å². The largest absolute Gasteiger partial charge is 0.346 e. The number of aromatic nitrogens is 4. The van der Waals surface area contributed by atoms with Gasteiger partial charge in [0, 0.05) is 12.7 Å². The first-order chi connectivity index (χ1) is 13.0. The number of nitrogens with one attached hydrogen (secondary N) is 3. The maximum absolute atomic E-state index is 13.2. The molecule has 0 aliphatic carbocycles. The Morgan fingerprint density at radius 1 is 1.33 bits per heavy atom. The number of amides is 1. The number of aromatic amines is 1. The second-order valence-corrected chi connectivity index (χ2v) is 7.32. The molecule has 138 valence electrons. The Bertz CT molecular complexity index is 1150. The molecule has 27 heavy (non-hydrogen) atoms. The van der Waals surface area contributed by atoms with Crippen LogP contribution in [0.5, 0.6) is 0 Å². The summed E-state index contributed by atoms with van der Waals surface area (Å²) in [6, 6.07) is 3.29. The molecule has 1 fully saturated rings. The van der Waals surface area contributed by atoms with E-state index in [2.05, 4.69) is 25.6 Å². The van der Waals surface area contributed by atoms with E-state index in [1.807, 2.05) is 18.0 Å². The molecule has 0 aromatic carbocycles. The van der Waals surface area contributed by atoms with Gasteiger partial charge in [0.05, 0.1) is 10.4 Å². The second-order valence-electron chi connectivity index (χ2n) is 6.91. The van der Waals surface area contributed by atoms with Crippen LogP contribution >= 0.6 is 11.6 Å². The monoisotopic (exact) mass is 385 g/mol. The molecule has 1 amide bonds. The minimum atomic E-state index is -0.599. The topological polar surface area (TPSA) is 108 Å². The number of hydrogen-bond donors (Lipinski definition) is 3. The van der Waals surface area contributed by atoms with Crippen molar-refractivity contribution in [3.05, 3.63) is 45.7 Å². The molecule has 0 spiro atoms. The maximum Gasteiger partial charge on any atom is 0.293 e. The third-order valence-corrected chi connectivity index (χ3v) is 5.47. The zero-order chi connectivity index (χ0) is 18.8. The summed E-state index contributed by atoms with van der Waals surface area (Å²) in [6.45, 7) is 2.56. The summed E-state index contributed by atoms with van der Waals surface area (Å²) in [7, 11) is 0. The molecule has 5 rings (SSSR count). The first kappa shape index (κ1) is 16.1. The van der Waals surface area contributed by atoms with Gasteiger partial charge in [0.2, 0.25) is 0 Å². The maximum atomic E-state index is 13.2. The molecular formula is C17H16ClN7O2. The van der Waals surface area contributed by atoms with Gasteiger partial charge in [-0.1, -0.05) is 11.6 Å². The van der Waals surface area contributed by atoms with Crippen molar-refractivity contribution in [1.82, 2.24) is 24.9 Å². The lowest BCUT2D eigenvalue weighted by molar-refractivity contribution is 0.0851. The van der Waals surface area contributed by atoms with Gasteiger partial charge >= 0.3 is 0 Å². The van der Waals surface area contributed by atoms with Crippen LogP contribution in [0.2, 0.25) is 5.02 Å². The van der Waals surface area contributed by atoms with E-state index in [0.29, 0.717) is 18.0 Å². The lowest BCUT2D eigenvalue weighted by atomic mass is 10.1. The van der Waals surface area contributed by atoms with Crippen molar-refractivity contribution in [2.75, 3.05) is 16.9 Å². The third-order valence-electron chi connectivity index (χ3n) is 5.18. The standard InChI is InChI=1S/C17H16ClN7O2/c1-17-4-2-6-24(17)25-12(15(26)23-17)10(18)7-11(16(25)27)22-14-9-3-5-19-13(9)20-8-21-14/h3,5,7-8H,2,4,6H2,1H3,(H,23,26)(H2,19,20,21,22)/t17-/m1/s1. The number of hydrogen-bond acceptors (Lipinski definition) is 6. The van der Waals surface area contributed by atoms with Crippen LogP contribution in [0.4, 0.5) is 11.5 Å². The lowest BCUT2D eigenvalue weighted by Crippen LogP contribution is -2.67. The SMILES string of the molecule is C[C@]12CCCN1n1c(c(Cl)cc(Nc3ncnc4[nH]ccc34)c1=O)C(=O)N2. The molecule has 3 N–H and O–H groups in total. The van der Waals surface area contributed by atoms with Gasteiger partial charge in [-0.2, -0.15) is 0 Å². The number of nitrogens with zero attached hydrogens (tertiary/aromatic N) is 4. The number of carbonyl (C=O) groups is 1. The van der Waals surface area contributed by atoms with Gasteiger partial charge in [-0.05, 0) is 31.9 Å². The molecule has 5 heterocycles. The average Bonchev–Trinajstić information content (AvgIpc) is 3.24. The molecule has 0 radical (unpaired) electrons. The summed E-state index contributed by atoms with van der Waals surface area (Å²) < 4.78 is 1.39. The molecule has 2 aliphatic rings. The molecule has 0 bridgehead atoms. The smallest absolute Gasteiger partial charge is 0.293 e. The van der Waals surface area contributed by atoms with E-state index in [1.165, 1.54) is 17.1 Å². The van der Waals surface area contributed by atoms with Crippen LogP contribution in [0, 0.1) is 0 Å². The highest BCUT2D eigenvalue weighted by molar-refractivity contribution is 6.34. The number of H-pyrrole nitrogens is 1. The lowest BCUT2D eigenvalue weighted by Gasteiger charge is -2.43. The van der Waals surface area contributed by atoms with Gasteiger partial charge in [-0.15, -0.1) is 0 Å². The van der Waals surface area contributed by atoms with Crippen molar-refractivity contribution in [2.45, 2.75) is 25.4 Å². The molecule has 1 saturated heterocycles. The Hall–Kier alpha value is -3.07. The van der Waals surface area contributed by atoms with Gasteiger partial charge in [-0.25, -0.2) is 14.6 Å². The van der Waals surface area contributed by atoms with Gasteiger partial charge in [0.15, 0.2) is 0 Å². The number of rotatable bonds is 2. The van der Waals surface area contributed by atoms with E-state index in [0.717, 1.165) is 18.2 Å². The Kier molecular flexibility index (Phi) is 3.26. The zero-order valence-corrected chi connectivity index (χ0v) is 15.2. The first-order valence-corrected chi connectivity index (χ1v) is 8.97. The van der Waals surface area contributed by atoms with Crippen molar-refractivity contribution in [2.24, 2.45) is 0 Å². The zero-order valence-electron chi connectivity index (χ0n) is 14.4. The summed E-state index contributed by atoms with van der Waals surface area (Å²) in [5.41, 5.74) is 0.108. The van der Waals surface area contributed by atoms with Crippen LogP contribution in [0.25, 0.3) is 11.0 Å². The highest BCUT2D eigenvalue weighted by atomic mass is 35.5. The average molecular weight is 386 g/mol.